The summed E-state index contributed by atoms with van der Waals surface area (Å²) in [7, 11) is 0. The van der Waals surface area contributed by atoms with Crippen molar-refractivity contribution in [3.05, 3.63) is 108 Å². The van der Waals surface area contributed by atoms with Gasteiger partial charge in [0.05, 0.1) is 11.1 Å². The van der Waals surface area contributed by atoms with E-state index >= 15 is 0 Å². The fourth-order valence-corrected chi connectivity index (χ4v) is 3.64. The predicted molar refractivity (Wildman–Crippen MR) is 101 cm³/mol. The Labute approximate surface area is 144 Å². The highest BCUT2D eigenvalue weighted by Gasteiger charge is 2.49. The van der Waals surface area contributed by atoms with Crippen molar-refractivity contribution in [2.45, 2.75) is 24.4 Å². The normalized spacial score (nSPS) is 12.1. The average molecular weight is 316 g/mol. The lowest BCUT2D eigenvalue weighted by Gasteiger charge is -2.47. The molecule has 0 unspecified atom stereocenters. The summed E-state index contributed by atoms with van der Waals surface area (Å²) in [6, 6.07) is 31.0. The van der Waals surface area contributed by atoms with Gasteiger partial charge >= 0.3 is 0 Å². The standard InChI is InChI=1S/C22H24N2/c1-2-21(23,24)22(18-12-6-3-7-13-18,19-14-8-4-9-15-19)20-16-10-5-11-17-20/h3-17H,2,23-24H2,1H3. The maximum absolute atomic E-state index is 6.77. The van der Waals surface area contributed by atoms with Gasteiger partial charge in [-0.2, -0.15) is 0 Å². The van der Waals surface area contributed by atoms with Crippen LogP contribution in [0.1, 0.15) is 30.0 Å². The van der Waals surface area contributed by atoms with Crippen LogP contribution in [0.15, 0.2) is 91.0 Å². The molecule has 0 aliphatic heterocycles. The summed E-state index contributed by atoms with van der Waals surface area (Å²) < 4.78 is 0. The number of benzene rings is 3. The van der Waals surface area contributed by atoms with E-state index in [4.69, 9.17) is 11.5 Å². The summed E-state index contributed by atoms with van der Waals surface area (Å²) in [4.78, 5) is 0. The first-order valence-corrected chi connectivity index (χ1v) is 8.37. The fourth-order valence-electron chi connectivity index (χ4n) is 3.64. The third-order valence-corrected chi connectivity index (χ3v) is 4.90. The van der Waals surface area contributed by atoms with E-state index in [9.17, 15) is 0 Å². The molecule has 122 valence electrons. The number of nitrogens with two attached hydrogens (primary N) is 2. The van der Waals surface area contributed by atoms with Crippen LogP contribution >= 0.6 is 0 Å². The van der Waals surface area contributed by atoms with E-state index in [2.05, 4.69) is 36.4 Å². The largest absolute Gasteiger partial charge is 0.312 e. The molecule has 3 rings (SSSR count). The Kier molecular flexibility index (Phi) is 4.52. The molecular formula is C22H24N2. The molecule has 3 aromatic carbocycles. The second kappa shape index (κ2) is 6.60. The van der Waals surface area contributed by atoms with E-state index in [1.54, 1.807) is 0 Å². The number of hydrogen-bond donors (Lipinski definition) is 2. The van der Waals surface area contributed by atoms with E-state index in [0.29, 0.717) is 6.42 Å². The van der Waals surface area contributed by atoms with Crippen molar-refractivity contribution in [1.29, 1.82) is 0 Å². The predicted octanol–water partition coefficient (Wildman–Crippen LogP) is 4.04. The number of rotatable bonds is 5. The van der Waals surface area contributed by atoms with Crippen LogP contribution in [0.2, 0.25) is 0 Å². The molecule has 0 atom stereocenters. The van der Waals surface area contributed by atoms with Gasteiger partial charge in [0, 0.05) is 0 Å². The van der Waals surface area contributed by atoms with Gasteiger partial charge in [-0.1, -0.05) is 97.9 Å². The van der Waals surface area contributed by atoms with Gasteiger partial charge in [-0.15, -0.1) is 0 Å². The second-order valence-corrected chi connectivity index (χ2v) is 6.24. The van der Waals surface area contributed by atoms with Crippen LogP contribution in [0.3, 0.4) is 0 Å². The molecule has 0 bridgehead atoms. The summed E-state index contributed by atoms with van der Waals surface area (Å²) >= 11 is 0. The molecule has 0 spiro atoms. The monoisotopic (exact) mass is 316 g/mol. The third kappa shape index (κ3) is 2.54. The van der Waals surface area contributed by atoms with E-state index in [1.807, 2.05) is 61.5 Å². The van der Waals surface area contributed by atoms with E-state index in [-0.39, 0.29) is 0 Å². The molecule has 0 radical (unpaired) electrons. The average Bonchev–Trinajstić information content (AvgIpc) is 2.65. The van der Waals surface area contributed by atoms with Crippen molar-refractivity contribution in [2.24, 2.45) is 11.5 Å². The molecule has 0 heterocycles. The van der Waals surface area contributed by atoms with Crippen LogP contribution in [-0.2, 0) is 5.41 Å². The lowest BCUT2D eigenvalue weighted by atomic mass is 9.61. The Hall–Kier alpha value is -2.42. The minimum atomic E-state index is -0.933. The van der Waals surface area contributed by atoms with E-state index in [1.165, 1.54) is 0 Å². The van der Waals surface area contributed by atoms with Gasteiger partial charge < -0.3 is 11.5 Å². The first-order valence-electron chi connectivity index (χ1n) is 8.37. The van der Waals surface area contributed by atoms with Gasteiger partial charge in [-0.25, -0.2) is 0 Å². The summed E-state index contributed by atoms with van der Waals surface area (Å²) in [6.45, 7) is 2.05. The Morgan fingerprint density at radius 3 is 1.12 bits per heavy atom. The Morgan fingerprint density at radius 2 is 0.875 bits per heavy atom. The molecule has 0 aliphatic rings. The Balaban J connectivity index is 2.42. The molecule has 3 aromatic rings. The second-order valence-electron chi connectivity index (χ2n) is 6.24. The first-order chi connectivity index (χ1) is 11.6. The molecule has 2 nitrogen and oxygen atoms in total. The van der Waals surface area contributed by atoms with E-state index in [0.717, 1.165) is 16.7 Å². The zero-order chi connectivity index (χ0) is 17.0. The zero-order valence-electron chi connectivity index (χ0n) is 14.0. The highest BCUT2D eigenvalue weighted by molar-refractivity contribution is 5.54. The van der Waals surface area contributed by atoms with Crippen molar-refractivity contribution in [3.8, 4) is 0 Å². The quantitative estimate of drug-likeness (QED) is 0.551. The molecule has 0 saturated heterocycles. The third-order valence-electron chi connectivity index (χ3n) is 4.90. The first kappa shape index (κ1) is 16.4. The SMILES string of the molecule is CCC(N)(N)C(c1ccccc1)(c1ccccc1)c1ccccc1. The lowest BCUT2D eigenvalue weighted by Crippen LogP contribution is -2.65. The van der Waals surface area contributed by atoms with Crippen LogP contribution in [0.5, 0.6) is 0 Å². The van der Waals surface area contributed by atoms with Crippen LogP contribution in [0.4, 0.5) is 0 Å². The molecular weight excluding hydrogens is 292 g/mol. The van der Waals surface area contributed by atoms with E-state index < -0.39 is 11.1 Å². The molecule has 0 fully saturated rings. The summed E-state index contributed by atoms with van der Waals surface area (Å²) in [5.74, 6) is 0. The highest BCUT2D eigenvalue weighted by atomic mass is 15.0. The van der Waals surface area contributed by atoms with Crippen LogP contribution in [0, 0.1) is 0 Å². The summed E-state index contributed by atoms with van der Waals surface area (Å²) in [5, 5.41) is 0. The van der Waals surface area contributed by atoms with Crippen LogP contribution in [0.25, 0.3) is 0 Å². The van der Waals surface area contributed by atoms with Crippen molar-refractivity contribution in [2.75, 3.05) is 0 Å². The molecule has 0 aliphatic carbocycles. The molecule has 0 amide bonds. The summed E-state index contributed by atoms with van der Waals surface area (Å²) in [5.41, 5.74) is 15.3. The van der Waals surface area contributed by atoms with Gasteiger partial charge in [0.25, 0.3) is 0 Å². The highest BCUT2D eigenvalue weighted by Crippen LogP contribution is 2.45. The van der Waals surface area contributed by atoms with Gasteiger partial charge in [-0.05, 0) is 23.1 Å². The maximum atomic E-state index is 6.77. The zero-order valence-corrected chi connectivity index (χ0v) is 14.0. The molecule has 0 saturated carbocycles. The van der Waals surface area contributed by atoms with Crippen molar-refractivity contribution in [1.82, 2.24) is 0 Å². The molecule has 2 heteroatoms. The van der Waals surface area contributed by atoms with Gasteiger partial charge in [-0.3, -0.25) is 0 Å². The van der Waals surface area contributed by atoms with Gasteiger partial charge in [0.2, 0.25) is 0 Å². The van der Waals surface area contributed by atoms with Crippen molar-refractivity contribution >= 4 is 0 Å². The van der Waals surface area contributed by atoms with Crippen molar-refractivity contribution < 1.29 is 0 Å². The Morgan fingerprint density at radius 1 is 0.583 bits per heavy atom. The Bertz CT molecular complexity index is 668. The minimum absolute atomic E-state index is 0.620. The lowest BCUT2D eigenvalue weighted by molar-refractivity contribution is 0.298. The van der Waals surface area contributed by atoms with Gasteiger partial charge in [0.15, 0.2) is 0 Å². The molecule has 4 N–H and O–H groups in total. The summed E-state index contributed by atoms with van der Waals surface area (Å²) in [6.07, 6.45) is 0.645. The van der Waals surface area contributed by atoms with Crippen molar-refractivity contribution in [3.63, 3.8) is 0 Å². The fraction of sp³-hybridized carbons (Fsp3) is 0.182. The van der Waals surface area contributed by atoms with Crippen LogP contribution < -0.4 is 11.5 Å². The smallest absolute Gasteiger partial charge is 0.0816 e. The molecule has 0 aromatic heterocycles. The number of hydrogen-bond acceptors (Lipinski definition) is 2. The van der Waals surface area contributed by atoms with Gasteiger partial charge in [0.1, 0.15) is 0 Å². The van der Waals surface area contributed by atoms with Crippen LogP contribution in [-0.4, -0.2) is 5.66 Å². The molecule has 24 heavy (non-hydrogen) atoms. The topological polar surface area (TPSA) is 52.0 Å². The maximum Gasteiger partial charge on any atom is 0.0816 e. The minimum Gasteiger partial charge on any atom is -0.312 e.